The molecule has 1 atom stereocenters. The summed E-state index contributed by atoms with van der Waals surface area (Å²) in [4.78, 5) is 10.3. The van der Waals surface area contributed by atoms with Gasteiger partial charge >= 0.3 is 0 Å². The molecule has 0 bridgehead atoms. The van der Waals surface area contributed by atoms with Gasteiger partial charge in [-0.05, 0) is 31.5 Å². The molecule has 0 fully saturated rings. The summed E-state index contributed by atoms with van der Waals surface area (Å²) in [5.41, 5.74) is 2.87. The second-order valence-electron chi connectivity index (χ2n) is 4.18. The van der Waals surface area contributed by atoms with Gasteiger partial charge in [-0.1, -0.05) is 0 Å². The van der Waals surface area contributed by atoms with Crippen molar-refractivity contribution < 1.29 is 9.34 Å². The molecule has 1 aromatic heterocycles. The molecule has 1 unspecified atom stereocenters. The molecule has 94 valence electrons. The van der Waals surface area contributed by atoms with Gasteiger partial charge in [-0.25, -0.2) is 0 Å². The van der Waals surface area contributed by atoms with E-state index in [0.29, 0.717) is 0 Å². The molecule has 5 nitrogen and oxygen atoms in total. The Hall–Kier alpha value is -2.30. The van der Waals surface area contributed by atoms with Crippen molar-refractivity contribution >= 4 is 11.4 Å². The third-order valence-electron chi connectivity index (χ3n) is 2.84. The summed E-state index contributed by atoms with van der Waals surface area (Å²) in [7, 11) is 0. The van der Waals surface area contributed by atoms with Gasteiger partial charge < -0.3 is 9.73 Å². The number of hydrogen-bond donors (Lipinski definition) is 1. The molecule has 0 saturated heterocycles. The Morgan fingerprint density at radius 2 is 2.17 bits per heavy atom. The van der Waals surface area contributed by atoms with Crippen molar-refractivity contribution in [3.05, 3.63) is 58.0 Å². The number of nitrogens with zero attached hydrogens (tertiary/aromatic N) is 1. The highest BCUT2D eigenvalue weighted by atomic mass is 16.6. The number of nitrogens with one attached hydrogen (secondary N) is 1. The SMILES string of the molecule is Cc1cc([N+](=O)[O-])ccc1NC(C)c1ccoc1. The first kappa shape index (κ1) is 12.2. The number of non-ortho nitro benzene ring substituents is 1. The maximum Gasteiger partial charge on any atom is 0.269 e. The van der Waals surface area contributed by atoms with Gasteiger partial charge in [0.2, 0.25) is 0 Å². The Bertz CT molecular complexity index is 549. The van der Waals surface area contributed by atoms with E-state index in [1.807, 2.05) is 19.9 Å². The number of benzene rings is 1. The van der Waals surface area contributed by atoms with Crippen LogP contribution in [0.1, 0.15) is 24.1 Å². The van der Waals surface area contributed by atoms with Crippen molar-refractivity contribution in [2.24, 2.45) is 0 Å². The van der Waals surface area contributed by atoms with Gasteiger partial charge in [0.15, 0.2) is 0 Å². The monoisotopic (exact) mass is 246 g/mol. The number of aryl methyl sites for hydroxylation is 1. The van der Waals surface area contributed by atoms with Crippen LogP contribution in [0.4, 0.5) is 11.4 Å². The van der Waals surface area contributed by atoms with Crippen LogP contribution in [0.25, 0.3) is 0 Å². The van der Waals surface area contributed by atoms with Crippen LogP contribution in [0.2, 0.25) is 0 Å². The average molecular weight is 246 g/mol. The van der Waals surface area contributed by atoms with Gasteiger partial charge in [0.25, 0.3) is 5.69 Å². The third-order valence-corrected chi connectivity index (χ3v) is 2.84. The molecule has 1 heterocycles. The number of nitro benzene ring substituents is 1. The fraction of sp³-hybridized carbons (Fsp3) is 0.231. The standard InChI is InChI=1S/C13H14N2O3/c1-9-7-12(15(16)17)3-4-13(9)14-10(2)11-5-6-18-8-11/h3-8,10,14H,1-2H3. The fourth-order valence-electron chi connectivity index (χ4n) is 1.76. The number of nitro groups is 1. The zero-order valence-electron chi connectivity index (χ0n) is 10.2. The minimum atomic E-state index is -0.393. The topological polar surface area (TPSA) is 68.3 Å². The maximum absolute atomic E-state index is 10.6. The lowest BCUT2D eigenvalue weighted by molar-refractivity contribution is -0.384. The molecule has 18 heavy (non-hydrogen) atoms. The van der Waals surface area contributed by atoms with Crippen molar-refractivity contribution in [1.29, 1.82) is 0 Å². The smallest absolute Gasteiger partial charge is 0.269 e. The lowest BCUT2D eigenvalue weighted by atomic mass is 10.1. The highest BCUT2D eigenvalue weighted by molar-refractivity contribution is 5.56. The van der Waals surface area contributed by atoms with E-state index in [-0.39, 0.29) is 11.7 Å². The van der Waals surface area contributed by atoms with Gasteiger partial charge in [-0.2, -0.15) is 0 Å². The van der Waals surface area contributed by atoms with Crippen molar-refractivity contribution in [2.45, 2.75) is 19.9 Å². The second-order valence-corrected chi connectivity index (χ2v) is 4.18. The lowest BCUT2D eigenvalue weighted by Gasteiger charge is -2.15. The van der Waals surface area contributed by atoms with Crippen LogP contribution in [0.3, 0.4) is 0 Å². The van der Waals surface area contributed by atoms with E-state index in [0.717, 1.165) is 16.8 Å². The number of rotatable bonds is 4. The zero-order valence-corrected chi connectivity index (χ0v) is 10.2. The highest BCUT2D eigenvalue weighted by Gasteiger charge is 2.11. The molecule has 0 amide bonds. The third kappa shape index (κ3) is 2.51. The largest absolute Gasteiger partial charge is 0.472 e. The van der Waals surface area contributed by atoms with E-state index in [9.17, 15) is 10.1 Å². The molecule has 0 aliphatic carbocycles. The van der Waals surface area contributed by atoms with Crippen molar-refractivity contribution in [1.82, 2.24) is 0 Å². The molecule has 1 aromatic carbocycles. The van der Waals surface area contributed by atoms with Gasteiger partial charge in [0.1, 0.15) is 0 Å². The van der Waals surface area contributed by atoms with Gasteiger partial charge in [0.05, 0.1) is 23.5 Å². The van der Waals surface area contributed by atoms with Crippen LogP contribution in [0, 0.1) is 17.0 Å². The summed E-state index contributed by atoms with van der Waals surface area (Å²) in [5, 5.41) is 13.9. The molecule has 0 radical (unpaired) electrons. The number of hydrogen-bond acceptors (Lipinski definition) is 4. The molecular weight excluding hydrogens is 232 g/mol. The lowest BCUT2D eigenvalue weighted by Crippen LogP contribution is -2.06. The second kappa shape index (κ2) is 4.91. The highest BCUT2D eigenvalue weighted by Crippen LogP contribution is 2.25. The maximum atomic E-state index is 10.6. The Kier molecular flexibility index (Phi) is 3.32. The van der Waals surface area contributed by atoms with Gasteiger partial charge in [-0.15, -0.1) is 0 Å². The predicted octanol–water partition coefficient (Wildman–Crippen LogP) is 3.67. The Labute approximate surface area is 105 Å². The van der Waals surface area contributed by atoms with Crippen LogP contribution >= 0.6 is 0 Å². The summed E-state index contributed by atoms with van der Waals surface area (Å²) < 4.78 is 5.02. The van der Waals surface area contributed by atoms with Crippen LogP contribution in [-0.4, -0.2) is 4.92 Å². The van der Waals surface area contributed by atoms with E-state index >= 15 is 0 Å². The first-order chi connectivity index (χ1) is 8.58. The molecule has 2 aromatic rings. The molecule has 1 N–H and O–H groups in total. The molecule has 0 saturated carbocycles. The number of anilines is 1. The summed E-state index contributed by atoms with van der Waals surface area (Å²) in [6.45, 7) is 3.85. The minimum Gasteiger partial charge on any atom is -0.472 e. The fourth-order valence-corrected chi connectivity index (χ4v) is 1.76. The van der Waals surface area contributed by atoms with E-state index in [1.165, 1.54) is 6.07 Å². The predicted molar refractivity (Wildman–Crippen MR) is 68.6 cm³/mol. The quantitative estimate of drug-likeness (QED) is 0.660. The molecule has 2 rings (SSSR count). The first-order valence-electron chi connectivity index (χ1n) is 5.61. The van der Waals surface area contributed by atoms with Crippen LogP contribution in [-0.2, 0) is 0 Å². The van der Waals surface area contributed by atoms with Crippen molar-refractivity contribution in [2.75, 3.05) is 5.32 Å². The minimum absolute atomic E-state index is 0.0870. The van der Waals surface area contributed by atoms with Gasteiger partial charge in [-0.3, -0.25) is 10.1 Å². The van der Waals surface area contributed by atoms with E-state index in [2.05, 4.69) is 5.32 Å². The summed E-state index contributed by atoms with van der Waals surface area (Å²) >= 11 is 0. The average Bonchev–Trinajstić information content (AvgIpc) is 2.85. The van der Waals surface area contributed by atoms with Crippen LogP contribution in [0.15, 0.2) is 41.2 Å². The van der Waals surface area contributed by atoms with E-state index in [4.69, 9.17) is 4.42 Å². The summed E-state index contributed by atoms with van der Waals surface area (Å²) in [6.07, 6.45) is 3.30. The number of furan rings is 1. The molecule has 0 aliphatic heterocycles. The van der Waals surface area contributed by atoms with Crippen molar-refractivity contribution in [3.8, 4) is 0 Å². The Balaban J connectivity index is 2.17. The van der Waals surface area contributed by atoms with Crippen LogP contribution in [0.5, 0.6) is 0 Å². The van der Waals surface area contributed by atoms with Gasteiger partial charge in [0, 0.05) is 23.4 Å². The Morgan fingerprint density at radius 1 is 1.39 bits per heavy atom. The molecule has 0 aliphatic rings. The van der Waals surface area contributed by atoms with Crippen molar-refractivity contribution in [3.63, 3.8) is 0 Å². The summed E-state index contributed by atoms with van der Waals surface area (Å²) in [6, 6.07) is 6.76. The Morgan fingerprint density at radius 3 is 2.72 bits per heavy atom. The molecular formula is C13H14N2O3. The van der Waals surface area contributed by atoms with E-state index in [1.54, 1.807) is 24.7 Å². The molecule has 0 spiro atoms. The zero-order chi connectivity index (χ0) is 13.1. The van der Waals surface area contributed by atoms with Crippen LogP contribution < -0.4 is 5.32 Å². The summed E-state index contributed by atoms with van der Waals surface area (Å²) in [5.74, 6) is 0. The molecule has 5 heteroatoms. The normalized spacial score (nSPS) is 12.1. The first-order valence-corrected chi connectivity index (χ1v) is 5.61. The van der Waals surface area contributed by atoms with E-state index < -0.39 is 4.92 Å².